The molecule has 0 aliphatic heterocycles. The predicted octanol–water partition coefficient (Wildman–Crippen LogP) is 4.44. The van der Waals surface area contributed by atoms with Crippen molar-refractivity contribution in [2.75, 3.05) is 5.32 Å². The van der Waals surface area contributed by atoms with Crippen LogP contribution in [0.25, 0.3) is 5.65 Å². The highest BCUT2D eigenvalue weighted by Crippen LogP contribution is 2.24. The van der Waals surface area contributed by atoms with Gasteiger partial charge in [0, 0.05) is 23.2 Å². The fraction of sp³-hybridized carbons (Fsp3) is 0.143. The lowest BCUT2D eigenvalue weighted by atomic mass is 10.2. The van der Waals surface area contributed by atoms with Gasteiger partial charge in [0.2, 0.25) is 5.91 Å². The molecule has 0 atom stereocenters. The highest BCUT2D eigenvalue weighted by atomic mass is 35.5. The van der Waals surface area contributed by atoms with Crippen molar-refractivity contribution < 1.29 is 4.79 Å². The summed E-state index contributed by atoms with van der Waals surface area (Å²) in [7, 11) is 0. The van der Waals surface area contributed by atoms with E-state index in [1.165, 1.54) is 28.6 Å². The van der Waals surface area contributed by atoms with Crippen LogP contribution in [-0.2, 0) is 17.1 Å². The van der Waals surface area contributed by atoms with Crippen LogP contribution in [-0.4, -0.2) is 25.1 Å². The Labute approximate surface area is 192 Å². The number of nitrogens with one attached hydrogen (secondary N) is 1. The molecule has 2 aromatic carbocycles. The number of thioether (sulfide) groups is 1. The Morgan fingerprint density at radius 3 is 2.68 bits per heavy atom. The SMILES string of the molecule is Cc1ccc(NC(=O)Cn2nc3c(SCc4ccc(Cl)cc4)nccn3c2=O)c(Cl)c1. The molecule has 7 nitrogen and oxygen atoms in total. The van der Waals surface area contributed by atoms with E-state index >= 15 is 0 Å². The number of hydrogen-bond donors (Lipinski definition) is 1. The van der Waals surface area contributed by atoms with E-state index in [4.69, 9.17) is 23.2 Å². The number of fused-ring (bicyclic) bond motifs is 1. The van der Waals surface area contributed by atoms with Crippen LogP contribution in [0.1, 0.15) is 11.1 Å². The maximum absolute atomic E-state index is 12.7. The van der Waals surface area contributed by atoms with Crippen molar-refractivity contribution in [3.05, 3.63) is 86.5 Å². The maximum Gasteiger partial charge on any atom is 0.350 e. The van der Waals surface area contributed by atoms with Gasteiger partial charge in [-0.25, -0.2) is 18.9 Å². The van der Waals surface area contributed by atoms with Crippen molar-refractivity contribution in [1.29, 1.82) is 0 Å². The van der Waals surface area contributed by atoms with Crippen molar-refractivity contribution in [2.45, 2.75) is 24.2 Å². The number of aromatic nitrogens is 4. The molecule has 0 spiro atoms. The first-order valence-corrected chi connectivity index (χ1v) is 11.0. The molecule has 4 aromatic rings. The normalized spacial score (nSPS) is 11.1. The Balaban J connectivity index is 1.53. The summed E-state index contributed by atoms with van der Waals surface area (Å²) in [5.74, 6) is 0.233. The molecule has 0 saturated heterocycles. The predicted molar refractivity (Wildman–Crippen MR) is 123 cm³/mol. The molecule has 2 aromatic heterocycles. The highest BCUT2D eigenvalue weighted by Gasteiger charge is 2.15. The lowest BCUT2D eigenvalue weighted by Crippen LogP contribution is -2.28. The minimum Gasteiger partial charge on any atom is -0.323 e. The van der Waals surface area contributed by atoms with Crippen LogP contribution in [0, 0.1) is 6.92 Å². The van der Waals surface area contributed by atoms with Crippen LogP contribution in [0.2, 0.25) is 10.0 Å². The van der Waals surface area contributed by atoms with Crippen molar-refractivity contribution in [1.82, 2.24) is 19.2 Å². The number of hydrogen-bond acceptors (Lipinski definition) is 5. The van der Waals surface area contributed by atoms with Crippen LogP contribution >= 0.6 is 35.0 Å². The van der Waals surface area contributed by atoms with Gasteiger partial charge in [-0.3, -0.25) is 4.79 Å². The average molecular weight is 474 g/mol. The molecule has 158 valence electrons. The topological polar surface area (TPSA) is 81.3 Å². The summed E-state index contributed by atoms with van der Waals surface area (Å²) >= 11 is 13.5. The number of carbonyl (C=O) groups excluding carboxylic acids is 1. The zero-order valence-electron chi connectivity index (χ0n) is 16.4. The molecule has 10 heteroatoms. The number of halogens is 2. The lowest BCUT2D eigenvalue weighted by Gasteiger charge is -2.07. The minimum atomic E-state index is -0.420. The van der Waals surface area contributed by atoms with Gasteiger partial charge in [0.25, 0.3) is 0 Å². The molecular formula is C21H17Cl2N5O2S. The zero-order chi connectivity index (χ0) is 22.0. The molecule has 0 bridgehead atoms. The Morgan fingerprint density at radius 1 is 1.16 bits per heavy atom. The Kier molecular flexibility index (Phi) is 6.31. The summed E-state index contributed by atoms with van der Waals surface area (Å²) < 4.78 is 2.49. The molecule has 1 N–H and O–H groups in total. The summed E-state index contributed by atoms with van der Waals surface area (Å²) in [5.41, 5.74) is 2.50. The first-order valence-electron chi connectivity index (χ1n) is 9.28. The lowest BCUT2D eigenvalue weighted by molar-refractivity contribution is -0.117. The van der Waals surface area contributed by atoms with Gasteiger partial charge in [0.05, 0.1) is 10.7 Å². The van der Waals surface area contributed by atoms with Crippen LogP contribution < -0.4 is 11.0 Å². The molecule has 0 radical (unpaired) electrons. The summed E-state index contributed by atoms with van der Waals surface area (Å²) in [6.07, 6.45) is 3.07. The van der Waals surface area contributed by atoms with Crippen LogP contribution in [0.4, 0.5) is 5.69 Å². The Morgan fingerprint density at radius 2 is 1.94 bits per heavy atom. The van der Waals surface area contributed by atoms with E-state index in [-0.39, 0.29) is 6.54 Å². The Hall–Kier alpha value is -2.81. The van der Waals surface area contributed by atoms with Crippen LogP contribution in [0.15, 0.2) is 64.7 Å². The molecule has 0 fully saturated rings. The fourth-order valence-electron chi connectivity index (χ4n) is 2.91. The number of rotatable bonds is 6. The molecule has 0 unspecified atom stereocenters. The second-order valence-corrected chi connectivity index (χ2v) is 8.62. The van der Waals surface area contributed by atoms with Gasteiger partial charge in [0.15, 0.2) is 5.65 Å². The molecule has 0 aliphatic rings. The molecule has 31 heavy (non-hydrogen) atoms. The first kappa shape index (κ1) is 21.4. The zero-order valence-corrected chi connectivity index (χ0v) is 18.7. The molecule has 2 heterocycles. The number of nitrogens with zero attached hydrogens (tertiary/aromatic N) is 4. The highest BCUT2D eigenvalue weighted by molar-refractivity contribution is 7.98. The maximum atomic E-state index is 12.7. The van der Waals surface area contributed by atoms with E-state index in [1.807, 2.05) is 37.3 Å². The van der Waals surface area contributed by atoms with E-state index in [2.05, 4.69) is 15.4 Å². The van der Waals surface area contributed by atoms with Crippen molar-refractivity contribution in [2.24, 2.45) is 0 Å². The third kappa shape index (κ3) is 4.92. The smallest absolute Gasteiger partial charge is 0.323 e. The second-order valence-electron chi connectivity index (χ2n) is 6.81. The number of amides is 1. The summed E-state index contributed by atoms with van der Waals surface area (Å²) in [5, 5.41) is 8.73. The molecule has 1 amide bonds. The van der Waals surface area contributed by atoms with E-state index in [9.17, 15) is 9.59 Å². The number of aryl methyl sites for hydroxylation is 1. The quantitative estimate of drug-likeness (QED) is 0.418. The third-order valence-corrected chi connectivity index (χ3v) is 6.05. The molecule has 0 saturated carbocycles. The van der Waals surface area contributed by atoms with E-state index in [0.29, 0.717) is 32.2 Å². The van der Waals surface area contributed by atoms with Gasteiger partial charge < -0.3 is 5.32 Å². The molecule has 4 rings (SSSR count). The minimum absolute atomic E-state index is 0.244. The first-order chi connectivity index (χ1) is 14.9. The van der Waals surface area contributed by atoms with Crippen LogP contribution in [0.3, 0.4) is 0 Å². The largest absolute Gasteiger partial charge is 0.350 e. The molecule has 0 aliphatic carbocycles. The van der Waals surface area contributed by atoms with Gasteiger partial charge in [-0.2, -0.15) is 0 Å². The van der Waals surface area contributed by atoms with E-state index < -0.39 is 11.6 Å². The van der Waals surface area contributed by atoms with Gasteiger partial charge in [-0.05, 0) is 42.3 Å². The van der Waals surface area contributed by atoms with Crippen molar-refractivity contribution >= 4 is 52.2 Å². The van der Waals surface area contributed by atoms with Gasteiger partial charge in [-0.15, -0.1) is 5.10 Å². The van der Waals surface area contributed by atoms with Gasteiger partial charge in [-0.1, -0.05) is 53.2 Å². The number of carbonyl (C=O) groups is 1. The van der Waals surface area contributed by atoms with Gasteiger partial charge in [0.1, 0.15) is 11.6 Å². The fourth-order valence-corrected chi connectivity index (χ4v) is 4.22. The van der Waals surface area contributed by atoms with E-state index in [1.54, 1.807) is 12.1 Å². The van der Waals surface area contributed by atoms with Crippen LogP contribution in [0.5, 0.6) is 0 Å². The average Bonchev–Trinajstić information content (AvgIpc) is 3.06. The number of anilines is 1. The monoisotopic (exact) mass is 473 g/mol. The Bertz CT molecular complexity index is 1320. The molecular weight excluding hydrogens is 457 g/mol. The van der Waals surface area contributed by atoms with E-state index in [0.717, 1.165) is 15.8 Å². The number of benzene rings is 2. The van der Waals surface area contributed by atoms with Gasteiger partial charge >= 0.3 is 5.69 Å². The standard InChI is InChI=1S/C21H17Cl2N5O2S/c1-13-2-7-17(16(23)10-13)25-18(29)11-28-21(30)27-9-8-24-20(19(27)26-28)31-12-14-3-5-15(22)6-4-14/h2-10H,11-12H2,1H3,(H,25,29). The van der Waals surface area contributed by atoms with Crippen molar-refractivity contribution in [3.63, 3.8) is 0 Å². The summed E-state index contributed by atoms with van der Waals surface area (Å²) in [6.45, 7) is 1.66. The second kappa shape index (κ2) is 9.13. The third-order valence-electron chi connectivity index (χ3n) is 4.45. The summed E-state index contributed by atoms with van der Waals surface area (Å²) in [4.78, 5) is 29.5. The van der Waals surface area contributed by atoms with Crippen molar-refractivity contribution in [3.8, 4) is 0 Å². The summed E-state index contributed by atoms with van der Waals surface area (Å²) in [6, 6.07) is 12.8.